The molecule has 3 N–H and O–H groups in total. The quantitative estimate of drug-likeness (QED) is 0.732. The van der Waals surface area contributed by atoms with Crippen molar-refractivity contribution in [3.05, 3.63) is 29.8 Å². The minimum absolute atomic E-state index is 0.0452. The van der Waals surface area contributed by atoms with Gasteiger partial charge in [0, 0.05) is 12.2 Å². The fraction of sp³-hybridized carbons (Fsp3) is 0.467. The van der Waals surface area contributed by atoms with Crippen molar-refractivity contribution in [2.75, 3.05) is 11.9 Å². The van der Waals surface area contributed by atoms with Gasteiger partial charge in [-0.1, -0.05) is 32.9 Å². The number of aryl methyl sites for hydroxylation is 1. The Hall–Kier alpha value is -1.88. The van der Waals surface area contributed by atoms with Crippen LogP contribution in [0.25, 0.3) is 0 Å². The average Bonchev–Trinajstić information content (AvgIpc) is 2.34. The summed E-state index contributed by atoms with van der Waals surface area (Å²) in [5.41, 5.74) is 1.22. The number of aliphatic hydroxyl groups excluding tert-OH is 1. The standard InChI is InChI=1S/C15H22N2O3/c1-10-6-5-7-11(8-10)17-14(20)13(19)16-9-12(18)15(2,3)4/h5-8,12,18H,9H2,1-4H3,(H,16,19)(H,17,20). The van der Waals surface area contributed by atoms with Crippen molar-refractivity contribution in [1.82, 2.24) is 5.32 Å². The van der Waals surface area contributed by atoms with Gasteiger partial charge in [-0.2, -0.15) is 0 Å². The number of amides is 2. The third-order valence-corrected chi connectivity index (χ3v) is 2.94. The Bertz CT molecular complexity index is 492. The molecule has 0 aliphatic rings. The Morgan fingerprint density at radius 2 is 1.90 bits per heavy atom. The molecule has 2 amide bonds. The van der Waals surface area contributed by atoms with Crippen molar-refractivity contribution >= 4 is 17.5 Å². The second-order valence-corrected chi connectivity index (χ2v) is 5.92. The van der Waals surface area contributed by atoms with E-state index < -0.39 is 17.9 Å². The fourth-order valence-electron chi connectivity index (χ4n) is 1.49. The van der Waals surface area contributed by atoms with E-state index in [2.05, 4.69) is 10.6 Å². The normalized spacial score (nSPS) is 12.7. The molecule has 1 unspecified atom stereocenters. The topological polar surface area (TPSA) is 78.4 Å². The fourth-order valence-corrected chi connectivity index (χ4v) is 1.49. The molecule has 1 atom stereocenters. The van der Waals surface area contributed by atoms with E-state index in [1.54, 1.807) is 18.2 Å². The van der Waals surface area contributed by atoms with Crippen LogP contribution in [0.3, 0.4) is 0 Å². The van der Waals surface area contributed by atoms with Gasteiger partial charge in [0.15, 0.2) is 0 Å². The summed E-state index contributed by atoms with van der Waals surface area (Å²) in [7, 11) is 0. The van der Waals surface area contributed by atoms with Crippen LogP contribution in [0, 0.1) is 12.3 Å². The molecule has 0 aliphatic carbocycles. The maximum absolute atomic E-state index is 11.7. The Labute approximate surface area is 119 Å². The van der Waals surface area contributed by atoms with Crippen molar-refractivity contribution in [2.24, 2.45) is 5.41 Å². The SMILES string of the molecule is Cc1cccc(NC(=O)C(=O)NCC(O)C(C)(C)C)c1. The molecule has 0 radical (unpaired) electrons. The van der Waals surface area contributed by atoms with Crippen LogP contribution in [-0.2, 0) is 9.59 Å². The van der Waals surface area contributed by atoms with Gasteiger partial charge in [0.05, 0.1) is 6.10 Å². The van der Waals surface area contributed by atoms with E-state index in [1.807, 2.05) is 33.8 Å². The zero-order chi connectivity index (χ0) is 15.3. The van der Waals surface area contributed by atoms with Crippen LogP contribution in [0.4, 0.5) is 5.69 Å². The molecule has 0 spiro atoms. The number of carbonyl (C=O) groups is 2. The number of benzene rings is 1. The zero-order valence-corrected chi connectivity index (χ0v) is 12.4. The summed E-state index contributed by atoms with van der Waals surface area (Å²) < 4.78 is 0. The highest BCUT2D eigenvalue weighted by molar-refractivity contribution is 6.39. The lowest BCUT2D eigenvalue weighted by molar-refractivity contribution is -0.136. The molecular formula is C15H22N2O3. The molecule has 0 heterocycles. The van der Waals surface area contributed by atoms with Gasteiger partial charge in [0.2, 0.25) is 0 Å². The lowest BCUT2D eigenvalue weighted by Crippen LogP contribution is -2.43. The second-order valence-electron chi connectivity index (χ2n) is 5.92. The van der Waals surface area contributed by atoms with E-state index in [0.717, 1.165) is 5.56 Å². The summed E-state index contributed by atoms with van der Waals surface area (Å²) in [6.45, 7) is 7.52. The summed E-state index contributed by atoms with van der Waals surface area (Å²) in [4.78, 5) is 23.3. The Kier molecular flexibility index (Phi) is 5.27. The first kappa shape index (κ1) is 16.2. The van der Waals surface area contributed by atoms with Gasteiger partial charge in [0.25, 0.3) is 0 Å². The lowest BCUT2D eigenvalue weighted by atomic mass is 9.89. The number of hydrogen-bond donors (Lipinski definition) is 3. The Balaban J connectivity index is 2.50. The molecule has 5 heteroatoms. The van der Waals surface area contributed by atoms with E-state index in [-0.39, 0.29) is 12.0 Å². The molecule has 0 aliphatic heterocycles. The largest absolute Gasteiger partial charge is 0.391 e. The average molecular weight is 278 g/mol. The van der Waals surface area contributed by atoms with E-state index in [1.165, 1.54) is 0 Å². The maximum Gasteiger partial charge on any atom is 0.313 e. The van der Waals surface area contributed by atoms with Gasteiger partial charge in [0.1, 0.15) is 0 Å². The van der Waals surface area contributed by atoms with Gasteiger partial charge in [-0.25, -0.2) is 0 Å². The predicted molar refractivity (Wildman–Crippen MR) is 78.3 cm³/mol. The van der Waals surface area contributed by atoms with Crippen LogP contribution >= 0.6 is 0 Å². The molecule has 1 rings (SSSR count). The third-order valence-electron chi connectivity index (χ3n) is 2.94. The van der Waals surface area contributed by atoms with Gasteiger partial charge in [-0.15, -0.1) is 0 Å². The van der Waals surface area contributed by atoms with Crippen molar-refractivity contribution in [3.63, 3.8) is 0 Å². The number of anilines is 1. The van der Waals surface area contributed by atoms with Gasteiger partial charge in [-0.3, -0.25) is 9.59 Å². The molecule has 0 saturated carbocycles. The van der Waals surface area contributed by atoms with Crippen LogP contribution in [-0.4, -0.2) is 29.6 Å². The van der Waals surface area contributed by atoms with Gasteiger partial charge in [-0.05, 0) is 30.0 Å². The molecule has 110 valence electrons. The monoisotopic (exact) mass is 278 g/mol. The van der Waals surface area contributed by atoms with Crippen LogP contribution in [0.2, 0.25) is 0 Å². The Morgan fingerprint density at radius 1 is 1.25 bits per heavy atom. The maximum atomic E-state index is 11.7. The summed E-state index contributed by atoms with van der Waals surface area (Å²) in [5.74, 6) is -1.49. The predicted octanol–water partition coefficient (Wildman–Crippen LogP) is 1.46. The van der Waals surface area contributed by atoms with E-state index in [4.69, 9.17) is 0 Å². The van der Waals surface area contributed by atoms with E-state index in [0.29, 0.717) is 5.69 Å². The van der Waals surface area contributed by atoms with Gasteiger partial charge < -0.3 is 15.7 Å². The smallest absolute Gasteiger partial charge is 0.313 e. The van der Waals surface area contributed by atoms with E-state index >= 15 is 0 Å². The highest BCUT2D eigenvalue weighted by atomic mass is 16.3. The van der Waals surface area contributed by atoms with Gasteiger partial charge >= 0.3 is 11.8 Å². The van der Waals surface area contributed by atoms with Crippen LogP contribution in [0.15, 0.2) is 24.3 Å². The molecule has 20 heavy (non-hydrogen) atoms. The van der Waals surface area contributed by atoms with Crippen molar-refractivity contribution in [3.8, 4) is 0 Å². The van der Waals surface area contributed by atoms with Crippen LogP contribution in [0.5, 0.6) is 0 Å². The number of nitrogens with one attached hydrogen (secondary N) is 2. The number of rotatable bonds is 3. The van der Waals surface area contributed by atoms with Crippen molar-refractivity contribution < 1.29 is 14.7 Å². The first-order chi connectivity index (χ1) is 9.20. The molecule has 5 nitrogen and oxygen atoms in total. The lowest BCUT2D eigenvalue weighted by Gasteiger charge is -2.25. The second kappa shape index (κ2) is 6.52. The third kappa shape index (κ3) is 5.01. The van der Waals surface area contributed by atoms with Crippen LogP contribution in [0.1, 0.15) is 26.3 Å². The molecule has 1 aromatic rings. The molecule has 0 saturated heterocycles. The number of carbonyl (C=O) groups excluding carboxylic acids is 2. The first-order valence-corrected chi connectivity index (χ1v) is 6.54. The van der Waals surface area contributed by atoms with E-state index in [9.17, 15) is 14.7 Å². The summed E-state index contributed by atoms with van der Waals surface area (Å²) in [6, 6.07) is 7.18. The zero-order valence-electron chi connectivity index (χ0n) is 12.4. The molecule has 0 fully saturated rings. The Morgan fingerprint density at radius 3 is 2.45 bits per heavy atom. The molecule has 0 aromatic heterocycles. The highest BCUT2D eigenvalue weighted by Crippen LogP contribution is 2.18. The summed E-state index contributed by atoms with van der Waals surface area (Å²) in [6.07, 6.45) is -0.710. The number of hydrogen-bond acceptors (Lipinski definition) is 3. The molecule has 0 bridgehead atoms. The molecule has 1 aromatic carbocycles. The molecular weight excluding hydrogens is 256 g/mol. The minimum atomic E-state index is -0.755. The highest BCUT2D eigenvalue weighted by Gasteiger charge is 2.23. The number of aliphatic hydroxyl groups is 1. The summed E-state index contributed by atoms with van der Waals surface area (Å²) >= 11 is 0. The minimum Gasteiger partial charge on any atom is -0.391 e. The van der Waals surface area contributed by atoms with Crippen LogP contribution < -0.4 is 10.6 Å². The first-order valence-electron chi connectivity index (χ1n) is 6.54. The van der Waals surface area contributed by atoms with Crippen molar-refractivity contribution in [2.45, 2.75) is 33.8 Å². The van der Waals surface area contributed by atoms with Crippen molar-refractivity contribution in [1.29, 1.82) is 0 Å². The summed E-state index contributed by atoms with van der Waals surface area (Å²) in [5, 5.41) is 14.7.